The summed E-state index contributed by atoms with van der Waals surface area (Å²) in [6.45, 7) is 0.0312. The van der Waals surface area contributed by atoms with Gasteiger partial charge in [-0.05, 0) is 42.0 Å². The topological polar surface area (TPSA) is 29.5 Å². The number of hydrogen-bond acceptors (Lipinski definition) is 2. The maximum absolute atomic E-state index is 9.19. The third-order valence-corrected chi connectivity index (χ3v) is 3.59. The third kappa shape index (κ3) is 2.18. The molecular formula is C13H17ClO2. The fourth-order valence-corrected chi connectivity index (χ4v) is 2.85. The maximum atomic E-state index is 9.19. The Hall–Kier alpha value is -0.730. The Bertz CT molecular complexity index is 370. The molecule has 1 aromatic rings. The van der Waals surface area contributed by atoms with Crippen molar-refractivity contribution in [2.75, 3.05) is 7.11 Å². The van der Waals surface area contributed by atoms with E-state index in [0.29, 0.717) is 10.9 Å². The molecule has 0 saturated heterocycles. The number of benzene rings is 1. The van der Waals surface area contributed by atoms with Crippen molar-refractivity contribution >= 4 is 11.6 Å². The minimum absolute atomic E-state index is 0.0312. The first-order valence-corrected chi connectivity index (χ1v) is 6.11. The van der Waals surface area contributed by atoms with Gasteiger partial charge in [0.15, 0.2) is 0 Å². The van der Waals surface area contributed by atoms with Crippen LogP contribution in [0.15, 0.2) is 12.1 Å². The zero-order valence-corrected chi connectivity index (χ0v) is 10.3. The largest absolute Gasteiger partial charge is 0.495 e. The monoisotopic (exact) mass is 240 g/mol. The Labute approximate surface area is 101 Å². The molecule has 16 heavy (non-hydrogen) atoms. The van der Waals surface area contributed by atoms with E-state index in [0.717, 1.165) is 16.9 Å². The predicted octanol–water partition coefficient (Wildman–Crippen LogP) is 3.50. The van der Waals surface area contributed by atoms with Crippen molar-refractivity contribution in [1.82, 2.24) is 0 Å². The van der Waals surface area contributed by atoms with Gasteiger partial charge in [0.05, 0.1) is 18.7 Å². The number of aliphatic hydroxyl groups is 1. The van der Waals surface area contributed by atoms with Gasteiger partial charge in [-0.1, -0.05) is 24.4 Å². The third-order valence-electron chi connectivity index (χ3n) is 3.31. The highest BCUT2D eigenvalue weighted by molar-refractivity contribution is 6.32. The highest BCUT2D eigenvalue weighted by Gasteiger charge is 2.22. The summed E-state index contributed by atoms with van der Waals surface area (Å²) >= 11 is 6.16. The highest BCUT2D eigenvalue weighted by atomic mass is 35.5. The van der Waals surface area contributed by atoms with Gasteiger partial charge in [0.25, 0.3) is 0 Å². The number of ether oxygens (including phenoxy) is 1. The summed E-state index contributed by atoms with van der Waals surface area (Å²) in [5.74, 6) is 1.32. The zero-order chi connectivity index (χ0) is 11.5. The van der Waals surface area contributed by atoms with E-state index in [4.69, 9.17) is 16.3 Å². The van der Waals surface area contributed by atoms with Gasteiger partial charge in [-0.2, -0.15) is 0 Å². The SMILES string of the molecule is COc1c(Cl)cc(CO)cc1C1CCCC1. The molecule has 0 aliphatic heterocycles. The van der Waals surface area contributed by atoms with Gasteiger partial charge in [-0.15, -0.1) is 0 Å². The van der Waals surface area contributed by atoms with Crippen LogP contribution in [0.25, 0.3) is 0 Å². The van der Waals surface area contributed by atoms with Crippen LogP contribution in [-0.2, 0) is 6.61 Å². The molecule has 2 nitrogen and oxygen atoms in total. The van der Waals surface area contributed by atoms with Crippen LogP contribution in [0.3, 0.4) is 0 Å². The Morgan fingerprint density at radius 1 is 1.38 bits per heavy atom. The van der Waals surface area contributed by atoms with Crippen LogP contribution in [0.4, 0.5) is 0 Å². The second-order valence-electron chi connectivity index (χ2n) is 4.34. The van der Waals surface area contributed by atoms with E-state index < -0.39 is 0 Å². The van der Waals surface area contributed by atoms with Crippen LogP contribution >= 0.6 is 11.6 Å². The molecule has 0 aromatic heterocycles. The Kier molecular flexibility index (Phi) is 3.72. The molecule has 0 amide bonds. The fraction of sp³-hybridized carbons (Fsp3) is 0.538. The quantitative estimate of drug-likeness (QED) is 0.876. The normalized spacial score (nSPS) is 16.7. The lowest BCUT2D eigenvalue weighted by Crippen LogP contribution is -2.00. The number of hydrogen-bond donors (Lipinski definition) is 1. The molecule has 1 fully saturated rings. The van der Waals surface area contributed by atoms with E-state index in [-0.39, 0.29) is 6.61 Å². The average Bonchev–Trinajstić information content (AvgIpc) is 2.81. The van der Waals surface area contributed by atoms with E-state index in [9.17, 15) is 5.11 Å². The van der Waals surface area contributed by atoms with Crippen LogP contribution in [0.1, 0.15) is 42.7 Å². The van der Waals surface area contributed by atoms with Crippen molar-refractivity contribution in [2.24, 2.45) is 0 Å². The van der Waals surface area contributed by atoms with Crippen molar-refractivity contribution in [2.45, 2.75) is 38.2 Å². The van der Waals surface area contributed by atoms with Gasteiger partial charge in [-0.25, -0.2) is 0 Å². The maximum Gasteiger partial charge on any atom is 0.140 e. The number of methoxy groups -OCH3 is 1. The minimum atomic E-state index is 0.0312. The summed E-state index contributed by atoms with van der Waals surface area (Å²) in [6, 6.07) is 3.81. The molecule has 0 radical (unpaired) electrons. The van der Waals surface area contributed by atoms with Crippen molar-refractivity contribution in [3.05, 3.63) is 28.3 Å². The number of rotatable bonds is 3. The second kappa shape index (κ2) is 5.07. The van der Waals surface area contributed by atoms with Crippen molar-refractivity contribution < 1.29 is 9.84 Å². The van der Waals surface area contributed by atoms with Gasteiger partial charge in [0.1, 0.15) is 5.75 Å². The summed E-state index contributed by atoms with van der Waals surface area (Å²) in [5, 5.41) is 9.80. The first-order valence-electron chi connectivity index (χ1n) is 5.73. The van der Waals surface area contributed by atoms with Crippen molar-refractivity contribution in [3.8, 4) is 5.75 Å². The lowest BCUT2D eigenvalue weighted by molar-refractivity contribution is 0.281. The zero-order valence-electron chi connectivity index (χ0n) is 9.50. The number of halogens is 1. The molecule has 0 unspecified atom stereocenters. The molecular weight excluding hydrogens is 224 g/mol. The summed E-state index contributed by atoms with van der Waals surface area (Å²) < 4.78 is 5.37. The van der Waals surface area contributed by atoms with E-state index >= 15 is 0 Å². The van der Waals surface area contributed by atoms with Crippen LogP contribution in [0.5, 0.6) is 5.75 Å². The molecule has 1 aliphatic carbocycles. The summed E-state index contributed by atoms with van der Waals surface area (Å²) in [6.07, 6.45) is 4.94. The van der Waals surface area contributed by atoms with Gasteiger partial charge >= 0.3 is 0 Å². The van der Waals surface area contributed by atoms with Gasteiger partial charge in [-0.3, -0.25) is 0 Å². The molecule has 3 heteroatoms. The van der Waals surface area contributed by atoms with Gasteiger partial charge in [0, 0.05) is 0 Å². The van der Waals surface area contributed by atoms with E-state index in [1.165, 1.54) is 25.7 Å². The fourth-order valence-electron chi connectivity index (χ4n) is 2.52. The number of aliphatic hydroxyl groups excluding tert-OH is 1. The average molecular weight is 241 g/mol. The van der Waals surface area contributed by atoms with E-state index in [1.54, 1.807) is 13.2 Å². The van der Waals surface area contributed by atoms with Crippen molar-refractivity contribution in [1.29, 1.82) is 0 Å². The molecule has 1 saturated carbocycles. The molecule has 0 atom stereocenters. The Balaban J connectivity index is 2.42. The van der Waals surface area contributed by atoms with E-state index in [2.05, 4.69) is 0 Å². The van der Waals surface area contributed by atoms with Crippen LogP contribution in [0, 0.1) is 0 Å². The summed E-state index contributed by atoms with van der Waals surface area (Å²) in [4.78, 5) is 0. The molecule has 0 heterocycles. The lowest BCUT2D eigenvalue weighted by atomic mass is 9.95. The molecule has 0 bridgehead atoms. The van der Waals surface area contributed by atoms with Crippen LogP contribution in [-0.4, -0.2) is 12.2 Å². The highest BCUT2D eigenvalue weighted by Crippen LogP contribution is 2.42. The summed E-state index contributed by atoms with van der Waals surface area (Å²) in [5.41, 5.74) is 2.03. The molecule has 0 spiro atoms. The summed E-state index contributed by atoms with van der Waals surface area (Å²) in [7, 11) is 1.65. The Morgan fingerprint density at radius 2 is 2.06 bits per heavy atom. The van der Waals surface area contributed by atoms with Crippen molar-refractivity contribution in [3.63, 3.8) is 0 Å². The van der Waals surface area contributed by atoms with E-state index in [1.807, 2.05) is 6.07 Å². The molecule has 1 aliphatic rings. The van der Waals surface area contributed by atoms with Gasteiger partial charge in [0.2, 0.25) is 0 Å². The molecule has 1 N–H and O–H groups in total. The molecule has 88 valence electrons. The molecule has 2 rings (SSSR count). The van der Waals surface area contributed by atoms with Gasteiger partial charge < -0.3 is 9.84 Å². The second-order valence-corrected chi connectivity index (χ2v) is 4.75. The Morgan fingerprint density at radius 3 is 2.62 bits per heavy atom. The predicted molar refractivity (Wildman–Crippen MR) is 65.1 cm³/mol. The smallest absolute Gasteiger partial charge is 0.140 e. The van der Waals surface area contributed by atoms with Crippen LogP contribution in [0.2, 0.25) is 5.02 Å². The van der Waals surface area contributed by atoms with Crippen LogP contribution < -0.4 is 4.74 Å². The minimum Gasteiger partial charge on any atom is -0.495 e. The standard InChI is InChI=1S/C13H17ClO2/c1-16-13-11(10-4-2-3-5-10)6-9(8-15)7-12(13)14/h6-7,10,15H,2-5,8H2,1H3. The first-order chi connectivity index (χ1) is 7.76. The molecule has 1 aromatic carbocycles. The lowest BCUT2D eigenvalue weighted by Gasteiger charge is -2.17. The first kappa shape index (κ1) is 11.7.